The van der Waals surface area contributed by atoms with Crippen molar-refractivity contribution < 1.29 is 14.6 Å². The van der Waals surface area contributed by atoms with E-state index < -0.39 is 11.6 Å². The maximum Gasteiger partial charge on any atom is 0.329 e. The average Bonchev–Trinajstić information content (AvgIpc) is 2.27. The van der Waals surface area contributed by atoms with Crippen LogP contribution < -0.4 is 5.32 Å². The van der Waals surface area contributed by atoms with Crippen LogP contribution in [0.5, 0.6) is 0 Å². The van der Waals surface area contributed by atoms with Gasteiger partial charge in [0.25, 0.3) is 0 Å². The zero-order valence-corrected chi connectivity index (χ0v) is 11.9. The second-order valence-corrected chi connectivity index (χ2v) is 6.32. The normalized spacial score (nSPS) is 22.6. The molecule has 0 aromatic carbocycles. The summed E-state index contributed by atoms with van der Waals surface area (Å²) < 4.78 is 6.47. The molecular formula is C13H15BrN2O3. The maximum absolute atomic E-state index is 10.8. The lowest BCUT2D eigenvalue weighted by molar-refractivity contribution is -0.200. The molecule has 5 nitrogen and oxygen atoms in total. The fourth-order valence-electron chi connectivity index (χ4n) is 3.12. The quantitative estimate of drug-likeness (QED) is 0.821. The van der Waals surface area contributed by atoms with Crippen LogP contribution >= 0.6 is 15.9 Å². The van der Waals surface area contributed by atoms with Crippen molar-refractivity contribution >= 4 is 21.9 Å². The molecule has 0 atom stereocenters. The molecule has 6 heteroatoms. The molecule has 1 spiro atoms. The van der Waals surface area contributed by atoms with Gasteiger partial charge in [-0.15, -0.1) is 0 Å². The molecular weight excluding hydrogens is 312 g/mol. The van der Waals surface area contributed by atoms with E-state index in [9.17, 15) is 4.79 Å². The minimum Gasteiger partial charge on any atom is -0.480 e. The van der Waals surface area contributed by atoms with E-state index in [0.717, 1.165) is 36.1 Å². The van der Waals surface area contributed by atoms with Crippen LogP contribution in [-0.4, -0.2) is 35.8 Å². The number of aromatic nitrogens is 1. The third-order valence-electron chi connectivity index (χ3n) is 4.05. The monoisotopic (exact) mass is 326 g/mol. The van der Waals surface area contributed by atoms with Crippen LogP contribution in [0.4, 0.5) is 0 Å². The van der Waals surface area contributed by atoms with Crippen LogP contribution in [-0.2, 0) is 15.1 Å². The van der Waals surface area contributed by atoms with Crippen molar-refractivity contribution in [2.45, 2.75) is 18.4 Å². The Labute approximate surface area is 119 Å². The first-order chi connectivity index (χ1) is 9.04. The lowest BCUT2D eigenvalue weighted by Gasteiger charge is -2.60. The van der Waals surface area contributed by atoms with E-state index >= 15 is 0 Å². The van der Waals surface area contributed by atoms with Gasteiger partial charge in [-0.05, 0) is 34.8 Å². The molecule has 0 unspecified atom stereocenters. The van der Waals surface area contributed by atoms with Gasteiger partial charge in [-0.1, -0.05) is 6.07 Å². The van der Waals surface area contributed by atoms with Crippen molar-refractivity contribution in [3.05, 3.63) is 28.5 Å². The number of carbonyl (C=O) groups is 1. The summed E-state index contributed by atoms with van der Waals surface area (Å²) in [6.45, 7) is 1.73. The van der Waals surface area contributed by atoms with Gasteiger partial charge in [-0.3, -0.25) is 0 Å². The molecule has 102 valence electrons. The Morgan fingerprint density at radius 1 is 1.47 bits per heavy atom. The van der Waals surface area contributed by atoms with Crippen LogP contribution in [0.2, 0.25) is 0 Å². The Kier molecular flexibility index (Phi) is 3.11. The molecule has 1 saturated heterocycles. The van der Waals surface area contributed by atoms with E-state index in [-0.39, 0.29) is 6.61 Å². The molecule has 1 aromatic heterocycles. The first-order valence-electron chi connectivity index (χ1n) is 6.22. The van der Waals surface area contributed by atoms with Crippen LogP contribution in [0.15, 0.2) is 22.9 Å². The number of hydrogen-bond donors (Lipinski definition) is 2. The van der Waals surface area contributed by atoms with Gasteiger partial charge >= 0.3 is 5.97 Å². The number of ether oxygens (including phenoxy) is 1. The summed E-state index contributed by atoms with van der Waals surface area (Å²) in [7, 11) is 0. The molecule has 2 aliphatic rings. The van der Waals surface area contributed by atoms with E-state index in [1.54, 1.807) is 6.20 Å². The van der Waals surface area contributed by atoms with Gasteiger partial charge in [0.05, 0.1) is 5.60 Å². The lowest BCUT2D eigenvalue weighted by atomic mass is 9.54. The minimum atomic E-state index is -0.933. The third-order valence-corrected chi connectivity index (χ3v) is 4.52. The molecule has 2 fully saturated rings. The summed E-state index contributed by atoms with van der Waals surface area (Å²) in [4.78, 5) is 15.0. The number of carboxylic acid groups (broad SMARTS) is 1. The van der Waals surface area contributed by atoms with Gasteiger partial charge in [-0.2, -0.15) is 0 Å². The first kappa shape index (κ1) is 13.0. The number of nitrogens with zero attached hydrogens (tertiary/aromatic N) is 1. The maximum atomic E-state index is 10.8. The van der Waals surface area contributed by atoms with Crippen LogP contribution in [0.25, 0.3) is 0 Å². The van der Waals surface area contributed by atoms with Crippen molar-refractivity contribution in [1.82, 2.24) is 10.3 Å². The zero-order valence-electron chi connectivity index (χ0n) is 10.4. The molecule has 0 radical (unpaired) electrons. The number of pyridine rings is 1. The highest BCUT2D eigenvalue weighted by Crippen LogP contribution is 2.58. The van der Waals surface area contributed by atoms with Gasteiger partial charge in [0.1, 0.15) is 11.2 Å². The fourth-order valence-corrected chi connectivity index (χ4v) is 3.36. The molecule has 1 saturated carbocycles. The minimum absolute atomic E-state index is 0.264. The number of halogens is 1. The number of nitrogens with one attached hydrogen (secondary N) is 1. The Hall–Kier alpha value is -0.980. The van der Waals surface area contributed by atoms with E-state index in [1.165, 1.54) is 0 Å². The standard InChI is InChI=1S/C13H15BrN2O3/c14-10-2-1-9(3-16-10)13(19-4-11(17)18)5-12(6-13)7-15-8-12/h1-3,15H,4-8H2,(H,17,18). The Morgan fingerprint density at radius 2 is 2.21 bits per heavy atom. The number of rotatable bonds is 4. The van der Waals surface area contributed by atoms with Crippen LogP contribution in [0.3, 0.4) is 0 Å². The SMILES string of the molecule is O=C(O)COC1(c2ccc(Br)nc2)CC2(CNC2)C1. The third kappa shape index (κ3) is 2.28. The smallest absolute Gasteiger partial charge is 0.329 e. The zero-order chi connectivity index (χ0) is 13.5. The molecule has 2 N–H and O–H groups in total. The molecule has 1 aromatic rings. The van der Waals surface area contributed by atoms with Gasteiger partial charge in [-0.25, -0.2) is 9.78 Å². The van der Waals surface area contributed by atoms with Crippen molar-refractivity contribution in [3.8, 4) is 0 Å². The topological polar surface area (TPSA) is 71.5 Å². The van der Waals surface area contributed by atoms with Crippen LogP contribution in [0.1, 0.15) is 18.4 Å². The number of carboxylic acids is 1. The van der Waals surface area contributed by atoms with Crippen molar-refractivity contribution in [2.75, 3.05) is 19.7 Å². The van der Waals surface area contributed by atoms with Gasteiger partial charge in [0.15, 0.2) is 0 Å². The summed E-state index contributed by atoms with van der Waals surface area (Å²) in [5.41, 5.74) is 0.786. The van der Waals surface area contributed by atoms with E-state index in [1.807, 2.05) is 12.1 Å². The lowest BCUT2D eigenvalue weighted by Crippen LogP contribution is -2.66. The summed E-state index contributed by atoms with van der Waals surface area (Å²) in [5.74, 6) is -0.933. The molecule has 1 aliphatic carbocycles. The molecule has 3 rings (SSSR count). The second kappa shape index (κ2) is 4.54. The predicted molar refractivity (Wildman–Crippen MR) is 71.7 cm³/mol. The summed E-state index contributed by atoms with van der Waals surface area (Å²) >= 11 is 3.31. The fraction of sp³-hybridized carbons (Fsp3) is 0.538. The molecule has 0 amide bonds. The largest absolute Gasteiger partial charge is 0.480 e. The number of hydrogen-bond acceptors (Lipinski definition) is 4. The Bertz CT molecular complexity index is 491. The van der Waals surface area contributed by atoms with Gasteiger partial charge in [0, 0.05) is 30.3 Å². The summed E-state index contributed by atoms with van der Waals surface area (Å²) in [5, 5.41) is 12.1. The molecule has 0 bridgehead atoms. The van der Waals surface area contributed by atoms with Crippen LogP contribution in [0, 0.1) is 5.41 Å². The Balaban J connectivity index is 1.80. The second-order valence-electron chi connectivity index (χ2n) is 5.50. The predicted octanol–water partition coefficient (Wildman–Crippen LogP) is 1.52. The van der Waals surface area contributed by atoms with Crippen molar-refractivity contribution in [1.29, 1.82) is 0 Å². The first-order valence-corrected chi connectivity index (χ1v) is 7.02. The highest BCUT2D eigenvalue weighted by molar-refractivity contribution is 9.10. The Morgan fingerprint density at radius 3 is 2.68 bits per heavy atom. The summed E-state index contributed by atoms with van der Waals surface area (Å²) in [6.07, 6.45) is 3.50. The molecule has 2 heterocycles. The van der Waals surface area contributed by atoms with Gasteiger partial charge < -0.3 is 15.2 Å². The van der Waals surface area contributed by atoms with Crippen molar-refractivity contribution in [2.24, 2.45) is 5.41 Å². The molecule has 1 aliphatic heterocycles. The summed E-state index contributed by atoms with van der Waals surface area (Å²) in [6, 6.07) is 3.82. The van der Waals surface area contributed by atoms with E-state index in [4.69, 9.17) is 9.84 Å². The average molecular weight is 327 g/mol. The highest BCUT2D eigenvalue weighted by atomic mass is 79.9. The van der Waals surface area contributed by atoms with E-state index in [2.05, 4.69) is 26.2 Å². The van der Waals surface area contributed by atoms with Crippen molar-refractivity contribution in [3.63, 3.8) is 0 Å². The highest BCUT2D eigenvalue weighted by Gasteiger charge is 2.59. The molecule has 19 heavy (non-hydrogen) atoms. The van der Waals surface area contributed by atoms with Gasteiger partial charge in [0.2, 0.25) is 0 Å². The van der Waals surface area contributed by atoms with E-state index in [0.29, 0.717) is 5.41 Å². The number of aliphatic carboxylic acids is 1.